The summed E-state index contributed by atoms with van der Waals surface area (Å²) >= 11 is 0. The number of amides is 1. The molecule has 0 aliphatic heterocycles. The van der Waals surface area contributed by atoms with E-state index in [1.165, 1.54) is 5.56 Å². The number of aryl methyl sites for hydroxylation is 1. The number of nitrogens with two attached hydrogens (primary N) is 1. The maximum absolute atomic E-state index is 13.1. The van der Waals surface area contributed by atoms with Crippen LogP contribution >= 0.6 is 0 Å². The first kappa shape index (κ1) is 18.9. The van der Waals surface area contributed by atoms with Crippen molar-refractivity contribution in [2.45, 2.75) is 39.7 Å². The van der Waals surface area contributed by atoms with Crippen LogP contribution in [0.1, 0.15) is 43.1 Å². The number of nitrogens with one attached hydrogen (secondary N) is 1. The van der Waals surface area contributed by atoms with Crippen molar-refractivity contribution in [1.29, 1.82) is 0 Å². The van der Waals surface area contributed by atoms with Gasteiger partial charge in [0.25, 0.3) is 5.91 Å². The number of aromatic nitrogens is 3. The lowest BCUT2D eigenvalue weighted by Crippen LogP contribution is -2.32. The number of carbonyl (C=O) groups is 1. The predicted octanol–water partition coefficient (Wildman–Crippen LogP) is 4.25. The Morgan fingerprint density at radius 3 is 2.52 bits per heavy atom. The van der Waals surface area contributed by atoms with Crippen molar-refractivity contribution >= 4 is 33.9 Å². The van der Waals surface area contributed by atoms with Crippen molar-refractivity contribution in [3.05, 3.63) is 59.7 Å². The summed E-state index contributed by atoms with van der Waals surface area (Å²) in [6.07, 6.45) is 1.74. The van der Waals surface area contributed by atoms with Crippen molar-refractivity contribution in [2.75, 3.05) is 5.73 Å². The van der Waals surface area contributed by atoms with Gasteiger partial charge in [-0.2, -0.15) is 0 Å². The van der Waals surface area contributed by atoms with Crippen molar-refractivity contribution in [2.24, 2.45) is 0 Å². The summed E-state index contributed by atoms with van der Waals surface area (Å²) in [4.78, 5) is 22.7. The first-order valence-electron chi connectivity index (χ1n) is 10.00. The lowest BCUT2D eigenvalue weighted by atomic mass is 10.1. The monoisotopic (exact) mass is 387 g/mol. The van der Waals surface area contributed by atoms with Gasteiger partial charge in [-0.05, 0) is 49.6 Å². The second-order valence-corrected chi connectivity index (χ2v) is 7.29. The van der Waals surface area contributed by atoms with E-state index in [1.807, 2.05) is 54.8 Å². The highest BCUT2D eigenvalue weighted by Gasteiger charge is 2.25. The molecule has 0 fully saturated rings. The third-order valence-electron chi connectivity index (χ3n) is 5.29. The van der Waals surface area contributed by atoms with Crippen LogP contribution in [0.4, 0.5) is 5.82 Å². The predicted molar refractivity (Wildman–Crippen MR) is 117 cm³/mol. The molecule has 0 aliphatic rings. The zero-order chi connectivity index (χ0) is 20.5. The van der Waals surface area contributed by atoms with E-state index >= 15 is 0 Å². The quantitative estimate of drug-likeness (QED) is 0.536. The highest BCUT2D eigenvalue weighted by Crippen LogP contribution is 2.31. The SMILES string of the molecule is CCc1cccc(-n2c(N)c(C(=O)N[C@H](C)CC)c3nc4ccccc4nc32)c1. The molecule has 4 aromatic rings. The van der Waals surface area contributed by atoms with Crippen LogP contribution in [0.25, 0.3) is 27.9 Å². The molecule has 0 saturated carbocycles. The fourth-order valence-corrected chi connectivity index (χ4v) is 3.46. The molecule has 0 radical (unpaired) electrons. The van der Waals surface area contributed by atoms with Crippen molar-refractivity contribution in [3.63, 3.8) is 0 Å². The van der Waals surface area contributed by atoms with Gasteiger partial charge in [0.05, 0.1) is 11.0 Å². The highest BCUT2D eigenvalue weighted by molar-refractivity contribution is 6.11. The molecule has 2 aromatic carbocycles. The number of para-hydroxylation sites is 2. The zero-order valence-corrected chi connectivity index (χ0v) is 16.9. The van der Waals surface area contributed by atoms with Gasteiger partial charge in [-0.25, -0.2) is 9.97 Å². The third-order valence-corrected chi connectivity index (χ3v) is 5.29. The fraction of sp³-hybridized carbons (Fsp3) is 0.261. The molecule has 0 bridgehead atoms. The van der Waals surface area contributed by atoms with Gasteiger partial charge >= 0.3 is 0 Å². The largest absolute Gasteiger partial charge is 0.384 e. The Labute approximate surface area is 169 Å². The van der Waals surface area contributed by atoms with Gasteiger partial charge < -0.3 is 11.1 Å². The maximum Gasteiger partial charge on any atom is 0.257 e. The van der Waals surface area contributed by atoms with Gasteiger partial charge in [0.2, 0.25) is 0 Å². The third kappa shape index (κ3) is 3.31. The summed E-state index contributed by atoms with van der Waals surface area (Å²) < 4.78 is 1.83. The summed E-state index contributed by atoms with van der Waals surface area (Å²) in [5, 5.41) is 3.01. The fourth-order valence-electron chi connectivity index (χ4n) is 3.46. The lowest BCUT2D eigenvalue weighted by molar-refractivity contribution is 0.0941. The molecule has 3 N–H and O–H groups in total. The van der Waals surface area contributed by atoms with Gasteiger partial charge in [0.1, 0.15) is 16.9 Å². The molecular formula is C23H25N5O. The van der Waals surface area contributed by atoms with Crippen LogP contribution < -0.4 is 11.1 Å². The molecular weight excluding hydrogens is 362 g/mol. The molecule has 6 heteroatoms. The molecule has 2 aromatic heterocycles. The Kier molecular flexibility index (Phi) is 4.92. The second-order valence-electron chi connectivity index (χ2n) is 7.29. The number of nitrogen functional groups attached to an aromatic ring is 1. The van der Waals surface area contributed by atoms with Gasteiger partial charge in [0, 0.05) is 11.7 Å². The van der Waals surface area contributed by atoms with E-state index in [0.717, 1.165) is 29.6 Å². The molecule has 1 amide bonds. The first-order valence-corrected chi connectivity index (χ1v) is 10.00. The number of hydrogen-bond acceptors (Lipinski definition) is 4. The number of nitrogens with zero attached hydrogens (tertiary/aromatic N) is 3. The summed E-state index contributed by atoms with van der Waals surface area (Å²) in [5.41, 5.74) is 11.6. The van der Waals surface area contributed by atoms with Crippen LogP contribution in [0.2, 0.25) is 0 Å². The molecule has 0 spiro atoms. The molecule has 4 rings (SSSR count). The highest BCUT2D eigenvalue weighted by atomic mass is 16.1. The molecule has 2 heterocycles. The number of anilines is 1. The zero-order valence-electron chi connectivity index (χ0n) is 16.9. The maximum atomic E-state index is 13.1. The van der Waals surface area contributed by atoms with E-state index in [2.05, 4.69) is 24.4 Å². The van der Waals surface area contributed by atoms with Gasteiger partial charge in [0.15, 0.2) is 5.65 Å². The van der Waals surface area contributed by atoms with Gasteiger partial charge in [-0.15, -0.1) is 0 Å². The minimum Gasteiger partial charge on any atom is -0.384 e. The minimum atomic E-state index is -0.225. The number of hydrogen-bond donors (Lipinski definition) is 2. The van der Waals surface area contributed by atoms with E-state index in [0.29, 0.717) is 22.5 Å². The van der Waals surface area contributed by atoms with E-state index in [9.17, 15) is 4.79 Å². The molecule has 0 aliphatic carbocycles. The van der Waals surface area contributed by atoms with E-state index in [1.54, 1.807) is 0 Å². The van der Waals surface area contributed by atoms with Crippen LogP contribution in [0.5, 0.6) is 0 Å². The van der Waals surface area contributed by atoms with Crippen LogP contribution in [-0.2, 0) is 6.42 Å². The second kappa shape index (κ2) is 7.54. The topological polar surface area (TPSA) is 85.8 Å². The Morgan fingerprint density at radius 1 is 1.10 bits per heavy atom. The van der Waals surface area contributed by atoms with Crippen LogP contribution in [0.3, 0.4) is 0 Å². The smallest absolute Gasteiger partial charge is 0.257 e. The first-order chi connectivity index (χ1) is 14.0. The van der Waals surface area contributed by atoms with Crippen molar-refractivity contribution in [1.82, 2.24) is 19.9 Å². The summed E-state index contributed by atoms with van der Waals surface area (Å²) in [5.74, 6) is 0.126. The average Bonchev–Trinajstić information content (AvgIpc) is 3.02. The molecule has 0 unspecified atom stereocenters. The van der Waals surface area contributed by atoms with Crippen LogP contribution in [0, 0.1) is 0 Å². The van der Waals surface area contributed by atoms with E-state index in [-0.39, 0.29) is 11.9 Å². The lowest BCUT2D eigenvalue weighted by Gasteiger charge is -2.12. The number of fused-ring (bicyclic) bond motifs is 2. The van der Waals surface area contributed by atoms with Gasteiger partial charge in [-0.1, -0.05) is 38.1 Å². The van der Waals surface area contributed by atoms with Crippen LogP contribution in [-0.4, -0.2) is 26.5 Å². The Hall–Kier alpha value is -3.41. The Balaban J connectivity index is 2.02. The van der Waals surface area contributed by atoms with E-state index < -0.39 is 0 Å². The average molecular weight is 387 g/mol. The normalized spacial score (nSPS) is 12.4. The molecule has 1 atom stereocenters. The standard InChI is InChI=1S/C23H25N5O/c1-4-14(3)25-23(29)19-20-22(27-18-12-7-6-11-17(18)26-20)28(21(19)24)16-10-8-9-15(5-2)13-16/h6-14H,4-5,24H2,1-3H3,(H,25,29)/t14-/m1/s1. The summed E-state index contributed by atoms with van der Waals surface area (Å²) in [7, 11) is 0. The van der Waals surface area contributed by atoms with Gasteiger partial charge in [-0.3, -0.25) is 9.36 Å². The Bertz CT molecular complexity index is 1210. The Morgan fingerprint density at radius 2 is 1.83 bits per heavy atom. The summed E-state index contributed by atoms with van der Waals surface area (Å²) in [6, 6.07) is 15.8. The number of benzene rings is 2. The summed E-state index contributed by atoms with van der Waals surface area (Å²) in [6.45, 7) is 6.11. The van der Waals surface area contributed by atoms with Crippen LogP contribution in [0.15, 0.2) is 48.5 Å². The number of carbonyl (C=O) groups excluding carboxylic acids is 1. The number of rotatable bonds is 5. The molecule has 29 heavy (non-hydrogen) atoms. The molecule has 6 nitrogen and oxygen atoms in total. The van der Waals surface area contributed by atoms with E-state index in [4.69, 9.17) is 15.7 Å². The molecule has 0 saturated heterocycles. The van der Waals surface area contributed by atoms with Crippen molar-refractivity contribution in [3.8, 4) is 5.69 Å². The minimum absolute atomic E-state index is 0.0390. The van der Waals surface area contributed by atoms with Crippen molar-refractivity contribution < 1.29 is 4.79 Å². The molecule has 148 valence electrons.